The summed E-state index contributed by atoms with van der Waals surface area (Å²) in [6.07, 6.45) is 1.49. The van der Waals surface area contributed by atoms with Crippen LogP contribution in [0.25, 0.3) is 0 Å². The van der Waals surface area contributed by atoms with Crippen molar-refractivity contribution in [3.63, 3.8) is 0 Å². The third-order valence-corrected chi connectivity index (χ3v) is 4.05. The average Bonchev–Trinajstić information content (AvgIpc) is 2.59. The van der Waals surface area contributed by atoms with Gasteiger partial charge in [0.2, 0.25) is 0 Å². The van der Waals surface area contributed by atoms with Gasteiger partial charge in [0.15, 0.2) is 0 Å². The van der Waals surface area contributed by atoms with Gasteiger partial charge >= 0.3 is 0 Å². The number of aryl methyl sites for hydroxylation is 2. The van der Waals surface area contributed by atoms with Gasteiger partial charge in [-0.1, -0.05) is 6.07 Å². The van der Waals surface area contributed by atoms with E-state index in [9.17, 15) is 9.59 Å². The fourth-order valence-electron chi connectivity index (χ4n) is 2.40. The van der Waals surface area contributed by atoms with Crippen LogP contribution in [0.15, 0.2) is 36.5 Å². The lowest BCUT2D eigenvalue weighted by atomic mass is 10.1. The largest absolute Gasteiger partial charge is 0.339 e. The van der Waals surface area contributed by atoms with Gasteiger partial charge in [-0.2, -0.15) is 0 Å². The molecular weight excluding hydrogens is 302 g/mol. The molecule has 0 fully saturated rings. The number of amides is 2. The lowest BCUT2D eigenvalue weighted by molar-refractivity contribution is 0.0773. The predicted octanol–water partition coefficient (Wildman–Crippen LogP) is 3.43. The van der Waals surface area contributed by atoms with Crippen LogP contribution in [0.2, 0.25) is 0 Å². The molecule has 0 saturated heterocycles. The summed E-state index contributed by atoms with van der Waals surface area (Å²) >= 11 is 0. The molecule has 5 heteroatoms. The number of nitrogens with one attached hydrogen (secondary N) is 1. The second-order valence-corrected chi connectivity index (χ2v) is 5.66. The number of hydrogen-bond acceptors (Lipinski definition) is 3. The summed E-state index contributed by atoms with van der Waals surface area (Å²) in [6.45, 7) is 9.12. The third-order valence-electron chi connectivity index (χ3n) is 4.05. The maximum absolute atomic E-state index is 12.4. The second-order valence-electron chi connectivity index (χ2n) is 5.66. The molecule has 0 aliphatic heterocycles. The van der Waals surface area contributed by atoms with Crippen molar-refractivity contribution in [3.8, 4) is 0 Å². The minimum absolute atomic E-state index is 0.0948. The fraction of sp³-hybridized carbons (Fsp3) is 0.316. The van der Waals surface area contributed by atoms with E-state index in [0.717, 1.165) is 11.1 Å². The van der Waals surface area contributed by atoms with Crippen molar-refractivity contribution in [1.82, 2.24) is 9.88 Å². The number of carbonyl (C=O) groups excluding carboxylic acids is 2. The van der Waals surface area contributed by atoms with Gasteiger partial charge in [0.25, 0.3) is 11.8 Å². The van der Waals surface area contributed by atoms with E-state index in [-0.39, 0.29) is 17.5 Å². The highest BCUT2D eigenvalue weighted by molar-refractivity contribution is 6.04. The van der Waals surface area contributed by atoms with Crippen LogP contribution in [0.5, 0.6) is 0 Å². The van der Waals surface area contributed by atoms with E-state index in [1.54, 1.807) is 11.0 Å². The molecule has 1 aromatic heterocycles. The van der Waals surface area contributed by atoms with E-state index >= 15 is 0 Å². The van der Waals surface area contributed by atoms with Gasteiger partial charge in [-0.25, -0.2) is 0 Å². The SMILES string of the molecule is CCN(CC)C(=O)c1ccnc(C(=O)Nc2ccc(C)c(C)c2)c1. The number of pyridine rings is 1. The number of anilines is 1. The number of nitrogens with zero attached hydrogens (tertiary/aromatic N) is 2. The average molecular weight is 325 g/mol. The summed E-state index contributed by atoms with van der Waals surface area (Å²) in [5, 5.41) is 2.82. The highest BCUT2D eigenvalue weighted by Gasteiger charge is 2.15. The molecule has 1 aromatic carbocycles. The standard InChI is InChI=1S/C19H23N3O2/c1-5-22(6-2)19(24)15-9-10-20-17(12-15)18(23)21-16-8-7-13(3)14(4)11-16/h7-12H,5-6H2,1-4H3,(H,21,23). The van der Waals surface area contributed by atoms with Crippen molar-refractivity contribution < 1.29 is 9.59 Å². The number of carbonyl (C=O) groups is 2. The minimum atomic E-state index is -0.326. The van der Waals surface area contributed by atoms with E-state index in [2.05, 4.69) is 10.3 Å². The molecule has 0 unspecified atom stereocenters. The summed E-state index contributed by atoms with van der Waals surface area (Å²) in [7, 11) is 0. The first-order chi connectivity index (χ1) is 11.5. The minimum Gasteiger partial charge on any atom is -0.339 e. The number of aromatic nitrogens is 1. The molecule has 0 atom stereocenters. The molecule has 2 amide bonds. The summed E-state index contributed by atoms with van der Waals surface area (Å²) in [5.74, 6) is -0.421. The Labute approximate surface area is 142 Å². The van der Waals surface area contributed by atoms with E-state index in [1.807, 2.05) is 45.9 Å². The molecule has 2 aromatic rings. The van der Waals surface area contributed by atoms with Crippen molar-refractivity contribution in [2.45, 2.75) is 27.7 Å². The molecule has 2 rings (SSSR count). The Balaban J connectivity index is 2.19. The van der Waals surface area contributed by atoms with Gasteiger partial charge < -0.3 is 10.2 Å². The number of hydrogen-bond donors (Lipinski definition) is 1. The molecule has 0 saturated carbocycles. The Morgan fingerprint density at radius 1 is 1.04 bits per heavy atom. The van der Waals surface area contributed by atoms with Crippen LogP contribution in [-0.2, 0) is 0 Å². The first-order valence-electron chi connectivity index (χ1n) is 8.10. The quantitative estimate of drug-likeness (QED) is 0.916. The van der Waals surface area contributed by atoms with Gasteiger partial charge in [0, 0.05) is 30.5 Å². The Morgan fingerprint density at radius 2 is 1.75 bits per heavy atom. The molecule has 0 bridgehead atoms. The molecule has 24 heavy (non-hydrogen) atoms. The molecule has 1 N–H and O–H groups in total. The molecule has 5 nitrogen and oxygen atoms in total. The molecule has 0 aliphatic rings. The Hall–Kier alpha value is -2.69. The van der Waals surface area contributed by atoms with Crippen molar-refractivity contribution >= 4 is 17.5 Å². The molecule has 1 heterocycles. The summed E-state index contributed by atoms with van der Waals surface area (Å²) in [4.78, 5) is 30.6. The second kappa shape index (κ2) is 7.73. The Morgan fingerprint density at radius 3 is 2.38 bits per heavy atom. The van der Waals surface area contributed by atoms with Crippen molar-refractivity contribution in [2.75, 3.05) is 18.4 Å². The summed E-state index contributed by atoms with van der Waals surface area (Å²) in [5.41, 5.74) is 3.68. The summed E-state index contributed by atoms with van der Waals surface area (Å²) in [6, 6.07) is 8.90. The normalized spacial score (nSPS) is 10.3. The molecule has 126 valence electrons. The van der Waals surface area contributed by atoms with Crippen LogP contribution in [0.4, 0.5) is 5.69 Å². The van der Waals surface area contributed by atoms with Crippen molar-refractivity contribution in [1.29, 1.82) is 0 Å². The van der Waals surface area contributed by atoms with Crippen LogP contribution in [0, 0.1) is 13.8 Å². The van der Waals surface area contributed by atoms with E-state index in [1.165, 1.54) is 12.3 Å². The van der Waals surface area contributed by atoms with Crippen molar-refractivity contribution in [3.05, 3.63) is 58.9 Å². The fourth-order valence-corrected chi connectivity index (χ4v) is 2.40. The highest BCUT2D eigenvalue weighted by atomic mass is 16.2. The maximum atomic E-state index is 12.4. The van der Waals surface area contributed by atoms with Gasteiger partial charge in [-0.05, 0) is 63.1 Å². The third kappa shape index (κ3) is 3.98. The van der Waals surface area contributed by atoms with Crippen molar-refractivity contribution in [2.24, 2.45) is 0 Å². The number of rotatable bonds is 5. The van der Waals surface area contributed by atoms with Gasteiger partial charge in [0.1, 0.15) is 5.69 Å². The first kappa shape index (κ1) is 17.7. The summed E-state index contributed by atoms with van der Waals surface area (Å²) < 4.78 is 0. The van der Waals surface area contributed by atoms with Gasteiger partial charge in [-0.15, -0.1) is 0 Å². The van der Waals surface area contributed by atoms with Gasteiger partial charge in [0.05, 0.1) is 0 Å². The first-order valence-corrected chi connectivity index (χ1v) is 8.10. The smallest absolute Gasteiger partial charge is 0.274 e. The van der Waals surface area contributed by atoms with E-state index in [4.69, 9.17) is 0 Å². The van der Waals surface area contributed by atoms with Crippen LogP contribution in [0.3, 0.4) is 0 Å². The maximum Gasteiger partial charge on any atom is 0.274 e. The molecule has 0 spiro atoms. The lowest BCUT2D eigenvalue weighted by Gasteiger charge is -2.18. The van der Waals surface area contributed by atoms with E-state index < -0.39 is 0 Å². The Bertz CT molecular complexity index is 752. The zero-order valence-corrected chi connectivity index (χ0v) is 14.6. The van der Waals surface area contributed by atoms with Crippen LogP contribution in [-0.4, -0.2) is 34.8 Å². The lowest BCUT2D eigenvalue weighted by Crippen LogP contribution is -2.30. The highest BCUT2D eigenvalue weighted by Crippen LogP contribution is 2.15. The Kier molecular flexibility index (Phi) is 5.68. The molecule has 0 radical (unpaired) electrons. The number of benzene rings is 1. The molecular formula is C19H23N3O2. The van der Waals surface area contributed by atoms with E-state index in [0.29, 0.717) is 24.3 Å². The monoisotopic (exact) mass is 325 g/mol. The zero-order chi connectivity index (χ0) is 17.7. The topological polar surface area (TPSA) is 62.3 Å². The van der Waals surface area contributed by atoms with Gasteiger partial charge in [-0.3, -0.25) is 14.6 Å². The zero-order valence-electron chi connectivity index (χ0n) is 14.6. The van der Waals surface area contributed by atoms with Crippen LogP contribution >= 0.6 is 0 Å². The van der Waals surface area contributed by atoms with Crippen LogP contribution in [0.1, 0.15) is 45.8 Å². The van der Waals surface area contributed by atoms with Crippen LogP contribution < -0.4 is 5.32 Å². The predicted molar refractivity (Wildman–Crippen MR) is 95.4 cm³/mol. The molecule has 0 aliphatic carbocycles.